The quantitative estimate of drug-likeness (QED) is 0.635. The molecule has 0 fully saturated rings. The molecular formula is C21H18FNOS. The zero-order valence-electron chi connectivity index (χ0n) is 14.1. The number of rotatable bonds is 2. The summed E-state index contributed by atoms with van der Waals surface area (Å²) in [7, 11) is 0. The summed E-state index contributed by atoms with van der Waals surface area (Å²) in [5.74, 6) is -0.212. The van der Waals surface area contributed by atoms with E-state index in [1.54, 1.807) is 17.4 Å². The van der Waals surface area contributed by atoms with Crippen LogP contribution in [0.2, 0.25) is 0 Å². The summed E-state index contributed by atoms with van der Waals surface area (Å²) in [6, 6.07) is 12.9. The number of benzene rings is 2. The van der Waals surface area contributed by atoms with E-state index in [1.807, 2.05) is 11.4 Å². The number of carbonyl (C=O) groups excluding carboxylic acids is 1. The lowest BCUT2D eigenvalue weighted by Gasteiger charge is -2.25. The van der Waals surface area contributed by atoms with Gasteiger partial charge in [0, 0.05) is 28.2 Å². The molecule has 1 aromatic heterocycles. The normalized spacial score (nSPS) is 16.4. The van der Waals surface area contributed by atoms with E-state index in [9.17, 15) is 9.18 Å². The zero-order valence-corrected chi connectivity index (χ0v) is 14.9. The topological polar surface area (TPSA) is 29.1 Å². The number of nitrogens with one attached hydrogen (secondary N) is 1. The average Bonchev–Trinajstić information content (AvgIpc) is 3.00. The molecule has 0 saturated heterocycles. The largest absolute Gasteiger partial charge is 0.325 e. The molecular weight excluding hydrogens is 333 g/mol. The van der Waals surface area contributed by atoms with E-state index in [1.165, 1.54) is 28.8 Å². The summed E-state index contributed by atoms with van der Waals surface area (Å²) in [5, 5.41) is 5.03. The van der Waals surface area contributed by atoms with Crippen LogP contribution in [0.1, 0.15) is 33.9 Å². The number of fused-ring (bicyclic) bond motifs is 1. The van der Waals surface area contributed by atoms with Crippen LogP contribution in [-0.4, -0.2) is 5.91 Å². The van der Waals surface area contributed by atoms with Crippen molar-refractivity contribution in [2.24, 2.45) is 0 Å². The Morgan fingerprint density at radius 2 is 2.00 bits per heavy atom. The molecule has 0 aliphatic carbocycles. The summed E-state index contributed by atoms with van der Waals surface area (Å²) in [5.41, 5.74) is 6.09. The first-order chi connectivity index (χ1) is 12.0. The number of carbonyl (C=O) groups is 1. The third kappa shape index (κ3) is 2.87. The van der Waals surface area contributed by atoms with Gasteiger partial charge in [-0.25, -0.2) is 4.39 Å². The van der Waals surface area contributed by atoms with Crippen molar-refractivity contribution in [2.75, 3.05) is 5.32 Å². The fourth-order valence-corrected chi connectivity index (χ4v) is 4.63. The van der Waals surface area contributed by atoms with E-state index in [2.05, 4.69) is 37.4 Å². The van der Waals surface area contributed by atoms with Crippen LogP contribution in [0.4, 0.5) is 10.1 Å². The van der Waals surface area contributed by atoms with Crippen molar-refractivity contribution < 1.29 is 9.18 Å². The summed E-state index contributed by atoms with van der Waals surface area (Å²) in [6.07, 6.45) is 0.445. The fourth-order valence-electron chi connectivity index (χ4n) is 3.48. The van der Waals surface area contributed by atoms with Crippen molar-refractivity contribution in [3.05, 3.63) is 75.2 Å². The smallest absolute Gasteiger partial charge is 0.225 e. The molecule has 1 aliphatic heterocycles. The van der Waals surface area contributed by atoms with Gasteiger partial charge in [0.1, 0.15) is 5.82 Å². The maximum absolute atomic E-state index is 13.6. The monoisotopic (exact) mass is 351 g/mol. The van der Waals surface area contributed by atoms with Crippen molar-refractivity contribution in [1.82, 2.24) is 0 Å². The lowest BCUT2D eigenvalue weighted by Crippen LogP contribution is -2.23. The Bertz CT molecular complexity index is 976. The van der Waals surface area contributed by atoms with Crippen LogP contribution in [0.15, 0.2) is 47.8 Å². The van der Waals surface area contributed by atoms with Crippen molar-refractivity contribution in [1.29, 1.82) is 0 Å². The molecule has 1 amide bonds. The molecule has 0 spiro atoms. The van der Waals surface area contributed by atoms with E-state index in [-0.39, 0.29) is 17.6 Å². The molecule has 25 heavy (non-hydrogen) atoms. The molecule has 0 unspecified atom stereocenters. The van der Waals surface area contributed by atoms with Gasteiger partial charge in [0.2, 0.25) is 5.91 Å². The first-order valence-electron chi connectivity index (χ1n) is 8.27. The van der Waals surface area contributed by atoms with E-state index in [0.29, 0.717) is 6.42 Å². The van der Waals surface area contributed by atoms with Gasteiger partial charge in [0.25, 0.3) is 0 Å². The van der Waals surface area contributed by atoms with Gasteiger partial charge < -0.3 is 5.32 Å². The lowest BCUT2D eigenvalue weighted by molar-refractivity contribution is -0.116. The molecule has 126 valence electrons. The van der Waals surface area contributed by atoms with Gasteiger partial charge in [0.05, 0.1) is 5.69 Å². The highest BCUT2D eigenvalue weighted by molar-refractivity contribution is 7.11. The van der Waals surface area contributed by atoms with Crippen molar-refractivity contribution in [2.45, 2.75) is 26.2 Å². The molecule has 4 rings (SSSR count). The van der Waals surface area contributed by atoms with Gasteiger partial charge in [-0.3, -0.25) is 4.79 Å². The number of halogens is 1. The van der Waals surface area contributed by atoms with Crippen LogP contribution < -0.4 is 5.32 Å². The molecule has 0 radical (unpaired) electrons. The van der Waals surface area contributed by atoms with E-state index in [4.69, 9.17) is 0 Å². The minimum absolute atomic E-state index is 0.00876. The summed E-state index contributed by atoms with van der Waals surface area (Å²) >= 11 is 1.64. The standard InChI is InChI=1S/C21H18FNOS/c1-12-6-7-13(2)16(8-12)17-10-19(24)23-20-18(11-25-21(17)20)14-4-3-5-15(22)9-14/h3-9,11,17H,10H2,1-2H3,(H,23,24)/t17-/m0/s1. The molecule has 1 atom stereocenters. The molecule has 1 aliphatic rings. The minimum atomic E-state index is -0.273. The van der Waals surface area contributed by atoms with E-state index in [0.717, 1.165) is 21.7 Å². The highest BCUT2D eigenvalue weighted by Gasteiger charge is 2.31. The van der Waals surface area contributed by atoms with Crippen molar-refractivity contribution in [3.63, 3.8) is 0 Å². The van der Waals surface area contributed by atoms with Crippen LogP contribution in [-0.2, 0) is 4.79 Å². The highest BCUT2D eigenvalue weighted by Crippen LogP contribution is 2.47. The SMILES string of the molecule is Cc1ccc(C)c([C@@H]2CC(=O)Nc3c(-c4cccc(F)c4)csc32)c1. The van der Waals surface area contributed by atoms with Crippen LogP contribution in [0.5, 0.6) is 0 Å². The van der Waals surface area contributed by atoms with Crippen LogP contribution in [0.25, 0.3) is 11.1 Å². The number of hydrogen-bond acceptors (Lipinski definition) is 2. The Balaban J connectivity index is 1.86. The maximum Gasteiger partial charge on any atom is 0.225 e. The zero-order chi connectivity index (χ0) is 17.6. The van der Waals surface area contributed by atoms with Crippen LogP contribution in [0, 0.1) is 19.7 Å². The number of anilines is 1. The third-order valence-electron chi connectivity index (χ3n) is 4.74. The third-order valence-corrected chi connectivity index (χ3v) is 5.83. The average molecular weight is 351 g/mol. The van der Waals surface area contributed by atoms with Gasteiger partial charge in [-0.05, 0) is 42.7 Å². The van der Waals surface area contributed by atoms with E-state index < -0.39 is 0 Å². The Hall–Kier alpha value is -2.46. The number of hydrogen-bond donors (Lipinski definition) is 1. The Morgan fingerprint density at radius 3 is 2.80 bits per heavy atom. The number of aryl methyl sites for hydroxylation is 2. The van der Waals surface area contributed by atoms with Crippen molar-refractivity contribution >= 4 is 22.9 Å². The first kappa shape index (κ1) is 16.0. The maximum atomic E-state index is 13.6. The molecule has 2 aromatic carbocycles. The Labute approximate surface area is 150 Å². The predicted octanol–water partition coefficient (Wildman–Crippen LogP) is 5.65. The number of thiophene rings is 1. The summed E-state index contributed by atoms with van der Waals surface area (Å²) in [4.78, 5) is 13.5. The summed E-state index contributed by atoms with van der Waals surface area (Å²) < 4.78 is 13.6. The predicted molar refractivity (Wildman–Crippen MR) is 101 cm³/mol. The molecule has 2 nitrogen and oxygen atoms in total. The lowest BCUT2D eigenvalue weighted by atomic mass is 9.86. The molecule has 2 heterocycles. The second-order valence-electron chi connectivity index (χ2n) is 6.56. The minimum Gasteiger partial charge on any atom is -0.325 e. The molecule has 1 N–H and O–H groups in total. The fraction of sp³-hybridized carbons (Fsp3) is 0.190. The molecule has 0 bridgehead atoms. The first-order valence-corrected chi connectivity index (χ1v) is 9.15. The van der Waals surface area contributed by atoms with Gasteiger partial charge in [0.15, 0.2) is 0 Å². The second-order valence-corrected chi connectivity index (χ2v) is 7.48. The van der Waals surface area contributed by atoms with Crippen LogP contribution >= 0.6 is 11.3 Å². The molecule has 3 aromatic rings. The Kier molecular flexibility index (Phi) is 3.92. The second kappa shape index (κ2) is 6.12. The van der Waals surface area contributed by atoms with Gasteiger partial charge in [-0.1, -0.05) is 35.9 Å². The van der Waals surface area contributed by atoms with Gasteiger partial charge in [-0.2, -0.15) is 0 Å². The molecule has 0 saturated carbocycles. The van der Waals surface area contributed by atoms with Crippen molar-refractivity contribution in [3.8, 4) is 11.1 Å². The van der Waals surface area contributed by atoms with Crippen LogP contribution in [0.3, 0.4) is 0 Å². The molecule has 4 heteroatoms. The van der Waals surface area contributed by atoms with E-state index >= 15 is 0 Å². The number of amides is 1. The summed E-state index contributed by atoms with van der Waals surface area (Å²) in [6.45, 7) is 4.15. The van der Waals surface area contributed by atoms with Gasteiger partial charge >= 0.3 is 0 Å². The Morgan fingerprint density at radius 1 is 1.16 bits per heavy atom. The van der Waals surface area contributed by atoms with Gasteiger partial charge in [-0.15, -0.1) is 11.3 Å². The highest BCUT2D eigenvalue weighted by atomic mass is 32.1.